The van der Waals surface area contributed by atoms with Gasteiger partial charge in [0.1, 0.15) is 42.3 Å². The highest BCUT2D eigenvalue weighted by molar-refractivity contribution is 7.98. The molecule has 1 aromatic heterocycles. The number of hydrogen-bond acceptors (Lipinski definition) is 15. The Morgan fingerprint density at radius 3 is 1.82 bits per heavy atom. The molecule has 1 aliphatic rings. The second-order valence-electron chi connectivity index (χ2n) is 19.6. The Balaban J connectivity index is 1.78. The zero-order valence-electron chi connectivity index (χ0n) is 44.3. The number of hydrogen-bond donors (Lipinski definition) is 13. The van der Waals surface area contributed by atoms with E-state index < -0.39 is 139 Å². The number of aromatic nitrogens is 2. The molecular formula is C50H74N12O15S. The van der Waals surface area contributed by atoms with Gasteiger partial charge in [0.2, 0.25) is 53.2 Å². The van der Waals surface area contributed by atoms with Crippen LogP contribution < -0.4 is 48.3 Å². The molecule has 1 saturated heterocycles. The van der Waals surface area contributed by atoms with Crippen molar-refractivity contribution in [2.45, 2.75) is 140 Å². The predicted molar refractivity (Wildman–Crippen MR) is 281 cm³/mol. The summed E-state index contributed by atoms with van der Waals surface area (Å²) in [6.45, 7) is 5.95. The topological polar surface area (TPSA) is 420 Å². The number of carboxylic acids is 3. The van der Waals surface area contributed by atoms with Gasteiger partial charge in [-0.2, -0.15) is 11.8 Å². The molecule has 0 spiro atoms. The van der Waals surface area contributed by atoms with Crippen LogP contribution in [-0.2, 0) is 70.4 Å². The summed E-state index contributed by atoms with van der Waals surface area (Å²) in [5.74, 6) is -11.6. The zero-order chi connectivity index (χ0) is 58.1. The van der Waals surface area contributed by atoms with Crippen molar-refractivity contribution in [1.29, 1.82) is 0 Å². The number of nitrogens with one attached hydrogen (secondary N) is 9. The predicted octanol–water partition coefficient (Wildman–Crippen LogP) is -2.08. The van der Waals surface area contributed by atoms with E-state index in [9.17, 15) is 67.7 Å². The van der Waals surface area contributed by atoms with Crippen LogP contribution in [0.2, 0.25) is 0 Å². The number of aliphatic carboxylic acids is 3. The molecule has 0 bridgehead atoms. The Bertz CT molecular complexity index is 2390. The number of rotatable bonds is 34. The maximum Gasteiger partial charge on any atom is 0.326 e. The van der Waals surface area contributed by atoms with Gasteiger partial charge < -0.3 is 73.5 Å². The molecule has 8 atom stereocenters. The first kappa shape index (κ1) is 64.7. The number of nitrogens with zero attached hydrogens (tertiary/aromatic N) is 2. The van der Waals surface area contributed by atoms with Crippen molar-refractivity contribution in [2.75, 3.05) is 31.6 Å². The van der Waals surface area contributed by atoms with Gasteiger partial charge in [-0.15, -0.1) is 0 Å². The first-order chi connectivity index (χ1) is 36.9. The summed E-state index contributed by atoms with van der Waals surface area (Å²) in [4.78, 5) is 165. The number of likely N-dealkylation sites (tertiary alicyclic amines) is 1. The highest BCUT2D eigenvalue weighted by Crippen LogP contribution is 2.19. The Labute approximate surface area is 455 Å². The van der Waals surface area contributed by atoms with Crippen LogP contribution in [0.15, 0.2) is 42.9 Å². The van der Waals surface area contributed by atoms with Gasteiger partial charge in [-0.3, -0.25) is 52.7 Å². The van der Waals surface area contributed by atoms with Gasteiger partial charge in [-0.05, 0) is 67.9 Å². The highest BCUT2D eigenvalue weighted by atomic mass is 32.2. The lowest BCUT2D eigenvalue weighted by molar-refractivity contribution is -0.142. The van der Waals surface area contributed by atoms with Gasteiger partial charge in [0.25, 0.3) is 0 Å². The second kappa shape index (κ2) is 32.8. The minimum atomic E-state index is -1.80. The van der Waals surface area contributed by atoms with Gasteiger partial charge in [0, 0.05) is 37.7 Å². The molecule has 0 saturated carbocycles. The van der Waals surface area contributed by atoms with Crippen molar-refractivity contribution in [3.8, 4) is 0 Å². The molecule has 2 aromatic rings. The minimum Gasteiger partial charge on any atom is -0.481 e. The number of H-pyrrole nitrogens is 1. The average molecular weight is 1120 g/mol. The summed E-state index contributed by atoms with van der Waals surface area (Å²) in [6, 6.07) is -2.31. The molecule has 1 aliphatic heterocycles. The van der Waals surface area contributed by atoms with E-state index in [1.807, 2.05) is 0 Å². The molecule has 27 nitrogen and oxygen atoms in total. The molecule has 1 fully saturated rings. The Morgan fingerprint density at radius 1 is 0.679 bits per heavy atom. The van der Waals surface area contributed by atoms with Crippen LogP contribution in [0, 0.1) is 11.8 Å². The van der Waals surface area contributed by atoms with Gasteiger partial charge in [-0.1, -0.05) is 58.0 Å². The van der Waals surface area contributed by atoms with Crippen molar-refractivity contribution in [2.24, 2.45) is 17.6 Å². The Kier molecular flexibility index (Phi) is 27.2. The minimum absolute atomic E-state index is 0.00420. The fourth-order valence-corrected chi connectivity index (χ4v) is 8.66. The SMILES string of the molecule is CSCC[C@H](NC(=O)[C@H](Cc1ccccc1)NC(=O)[C@H](CC(C)C)NC(=O)[C@H](CC(=O)O)NC(=O)[C@H](CC(C)C)NC(=O)[C@@H]1CCCN1C(=O)CNC(=O)CNC(=O)[C@@H](N)CCC(=O)O)C(=O)N[C@@H](Cc1cnc[nH]1)C(=O)O. The third-order valence-corrected chi connectivity index (χ3v) is 12.8. The average Bonchev–Trinajstić information content (AvgIpc) is 4.10. The zero-order valence-corrected chi connectivity index (χ0v) is 45.2. The molecule has 0 unspecified atom stereocenters. The molecule has 14 N–H and O–H groups in total. The van der Waals surface area contributed by atoms with Crippen LogP contribution in [0.4, 0.5) is 0 Å². The van der Waals surface area contributed by atoms with Crippen LogP contribution in [0.5, 0.6) is 0 Å². The summed E-state index contributed by atoms with van der Waals surface area (Å²) in [5, 5.41) is 48.6. The normalized spacial score (nSPS) is 15.7. The van der Waals surface area contributed by atoms with Crippen molar-refractivity contribution < 1.29 is 72.9 Å². The molecule has 0 radical (unpaired) electrons. The number of benzene rings is 1. The van der Waals surface area contributed by atoms with Gasteiger partial charge >= 0.3 is 17.9 Å². The number of aromatic amines is 1. The number of carboxylic acid groups (broad SMARTS) is 3. The Morgan fingerprint density at radius 2 is 1.24 bits per heavy atom. The number of carbonyl (C=O) groups is 12. The first-order valence-corrected chi connectivity index (χ1v) is 26.9. The smallest absolute Gasteiger partial charge is 0.326 e. The van der Waals surface area contributed by atoms with E-state index in [-0.39, 0.29) is 69.7 Å². The van der Waals surface area contributed by atoms with Gasteiger partial charge in [0.15, 0.2) is 0 Å². The van der Waals surface area contributed by atoms with Gasteiger partial charge in [-0.25, -0.2) is 9.78 Å². The number of thioether (sulfide) groups is 1. The van der Waals surface area contributed by atoms with Crippen LogP contribution in [0.25, 0.3) is 0 Å². The summed E-state index contributed by atoms with van der Waals surface area (Å²) in [5.41, 5.74) is 6.69. The molecule has 430 valence electrons. The summed E-state index contributed by atoms with van der Waals surface area (Å²) < 4.78 is 0. The van der Waals surface area contributed by atoms with Crippen LogP contribution in [-0.4, -0.2) is 181 Å². The van der Waals surface area contributed by atoms with E-state index in [2.05, 4.69) is 52.5 Å². The molecule has 78 heavy (non-hydrogen) atoms. The lowest BCUT2D eigenvalue weighted by Crippen LogP contribution is -2.60. The van der Waals surface area contributed by atoms with E-state index >= 15 is 0 Å². The van der Waals surface area contributed by atoms with Crippen molar-refractivity contribution in [3.63, 3.8) is 0 Å². The molecule has 0 aliphatic carbocycles. The standard InChI is InChI=1S/C50H74N12O15S/c1-27(2)18-33(45(71)58-35(20-29-10-7-6-8-11-29)47(73)56-32(15-17-78-5)44(70)61-37(50(76)77)21-30-23-52-26-55-30)57-48(74)36(22-42(67)68)59-46(72)34(19-28(3)4)60-49(75)38-12-9-16-62(38)40(64)25-53-39(63)24-54-43(69)31(51)13-14-41(65)66/h6-8,10-11,23,26-28,31-38H,9,12-22,24-25,51H2,1-5H3,(H,52,55)(H,53,63)(H,54,69)(H,56,73)(H,57,74)(H,58,71)(H,59,72)(H,60,75)(H,61,70)(H,65,66)(H,67,68)(H,76,77)/t31-,32-,33-,34-,35-,36-,37-,38-/m0/s1. The summed E-state index contributed by atoms with van der Waals surface area (Å²) in [7, 11) is 0. The van der Waals surface area contributed by atoms with Crippen LogP contribution in [0.1, 0.15) is 90.3 Å². The van der Waals surface area contributed by atoms with Crippen molar-refractivity contribution >= 4 is 82.8 Å². The quantitative estimate of drug-likeness (QED) is 0.0358. The lowest BCUT2D eigenvalue weighted by atomic mass is 9.99. The maximum atomic E-state index is 14.3. The third kappa shape index (κ3) is 22.9. The van der Waals surface area contributed by atoms with Crippen molar-refractivity contribution in [1.82, 2.24) is 57.4 Å². The largest absolute Gasteiger partial charge is 0.481 e. The lowest BCUT2D eigenvalue weighted by Gasteiger charge is -2.29. The number of nitrogens with two attached hydrogens (primary N) is 1. The first-order valence-electron chi connectivity index (χ1n) is 25.5. The molecule has 28 heteroatoms. The summed E-state index contributed by atoms with van der Waals surface area (Å²) >= 11 is 1.37. The molecule has 3 rings (SSSR count). The molecular weight excluding hydrogens is 1040 g/mol. The van der Waals surface area contributed by atoms with E-state index in [0.717, 1.165) is 0 Å². The Hall–Kier alpha value is -7.62. The van der Waals surface area contributed by atoms with E-state index in [1.165, 1.54) is 29.2 Å². The van der Waals surface area contributed by atoms with Crippen LogP contribution >= 0.6 is 11.8 Å². The fourth-order valence-electron chi connectivity index (χ4n) is 8.18. The fraction of sp³-hybridized carbons (Fsp3) is 0.580. The van der Waals surface area contributed by atoms with E-state index in [1.54, 1.807) is 64.3 Å². The van der Waals surface area contributed by atoms with Crippen molar-refractivity contribution in [3.05, 3.63) is 54.1 Å². The maximum absolute atomic E-state index is 14.3. The highest BCUT2D eigenvalue weighted by Gasteiger charge is 2.38. The molecule has 9 amide bonds. The van der Waals surface area contributed by atoms with E-state index in [4.69, 9.17) is 10.8 Å². The monoisotopic (exact) mass is 1110 g/mol. The van der Waals surface area contributed by atoms with Gasteiger partial charge in [0.05, 0.1) is 31.9 Å². The second-order valence-corrected chi connectivity index (χ2v) is 20.6. The molecule has 1 aromatic carbocycles. The number of carbonyl (C=O) groups excluding carboxylic acids is 9. The third-order valence-electron chi connectivity index (χ3n) is 12.2. The summed E-state index contributed by atoms with van der Waals surface area (Å²) in [6.07, 6.45) is 3.41. The molecule has 2 heterocycles. The number of amides is 9. The van der Waals surface area contributed by atoms with Crippen LogP contribution in [0.3, 0.4) is 0 Å². The number of imidazole rings is 1. The van der Waals surface area contributed by atoms with E-state index in [0.29, 0.717) is 23.4 Å².